The molecule has 88 valence electrons. The molecule has 2 atom stereocenters. The number of ether oxygens (including phenoxy) is 1. The van der Waals surface area contributed by atoms with Crippen molar-refractivity contribution < 1.29 is 19.4 Å². The third-order valence-corrected chi connectivity index (χ3v) is 2.34. The summed E-state index contributed by atoms with van der Waals surface area (Å²) < 4.78 is 4.81. The molecule has 0 radical (unpaired) electrons. The first kappa shape index (κ1) is 13.9. The number of carbonyl (C=O) groups is 2. The number of carboxylic acids is 1. The quantitative estimate of drug-likeness (QED) is 0.689. The Balaban J connectivity index is 4.55. The summed E-state index contributed by atoms with van der Waals surface area (Å²) in [5, 5.41) is 11.5. The van der Waals surface area contributed by atoms with Gasteiger partial charge in [0.05, 0.1) is 0 Å². The largest absolute Gasteiger partial charge is 0.480 e. The summed E-state index contributed by atoms with van der Waals surface area (Å²) in [6.45, 7) is 4.94. The first-order valence-corrected chi connectivity index (χ1v) is 4.95. The van der Waals surface area contributed by atoms with E-state index in [1.807, 2.05) is 6.92 Å². The van der Waals surface area contributed by atoms with Crippen molar-refractivity contribution in [3.63, 3.8) is 0 Å². The Morgan fingerprint density at radius 1 is 1.53 bits per heavy atom. The second-order valence-electron chi connectivity index (χ2n) is 3.75. The molecule has 0 fully saturated rings. The van der Waals surface area contributed by atoms with Crippen molar-refractivity contribution >= 4 is 11.9 Å². The Hall–Kier alpha value is -1.10. The second kappa shape index (κ2) is 5.70. The summed E-state index contributed by atoms with van der Waals surface area (Å²) in [6.07, 6.45) is 0.440. The van der Waals surface area contributed by atoms with E-state index in [-0.39, 0.29) is 0 Å². The maximum atomic E-state index is 11.5. The molecule has 15 heavy (non-hydrogen) atoms. The molecule has 5 nitrogen and oxygen atoms in total. The van der Waals surface area contributed by atoms with Crippen LogP contribution < -0.4 is 5.32 Å². The lowest BCUT2D eigenvalue weighted by Crippen LogP contribution is -2.54. The smallest absolute Gasteiger partial charge is 0.329 e. The van der Waals surface area contributed by atoms with Gasteiger partial charge in [0.1, 0.15) is 11.6 Å². The monoisotopic (exact) mass is 217 g/mol. The van der Waals surface area contributed by atoms with Crippen LogP contribution in [0.4, 0.5) is 0 Å². The summed E-state index contributed by atoms with van der Waals surface area (Å²) in [7, 11) is 1.40. The van der Waals surface area contributed by atoms with E-state index in [1.165, 1.54) is 14.0 Å². The standard InChI is InChI=1S/C10H19NO4/c1-5-6-10(3,9(13)14)11-8(12)7(2)15-4/h7H,5-6H2,1-4H3,(H,11,12)(H,13,14). The molecule has 0 rings (SSSR count). The van der Waals surface area contributed by atoms with Gasteiger partial charge in [0.2, 0.25) is 5.91 Å². The van der Waals surface area contributed by atoms with E-state index < -0.39 is 23.5 Å². The van der Waals surface area contributed by atoms with E-state index in [1.54, 1.807) is 6.92 Å². The van der Waals surface area contributed by atoms with Crippen LogP contribution in [0.3, 0.4) is 0 Å². The molecular weight excluding hydrogens is 198 g/mol. The van der Waals surface area contributed by atoms with Crippen molar-refractivity contribution in [2.24, 2.45) is 0 Å². The number of nitrogens with one attached hydrogen (secondary N) is 1. The molecule has 0 aromatic heterocycles. The Morgan fingerprint density at radius 3 is 2.40 bits per heavy atom. The number of carboxylic acid groups (broad SMARTS) is 1. The van der Waals surface area contributed by atoms with Crippen LogP contribution in [-0.2, 0) is 14.3 Å². The lowest BCUT2D eigenvalue weighted by atomic mass is 9.96. The van der Waals surface area contributed by atoms with Gasteiger partial charge < -0.3 is 15.2 Å². The molecule has 0 aromatic rings. The summed E-state index contributed by atoms with van der Waals surface area (Å²) >= 11 is 0. The van der Waals surface area contributed by atoms with Crippen molar-refractivity contribution in [2.45, 2.75) is 45.3 Å². The first-order valence-electron chi connectivity index (χ1n) is 4.95. The zero-order valence-corrected chi connectivity index (χ0v) is 9.66. The topological polar surface area (TPSA) is 75.6 Å². The van der Waals surface area contributed by atoms with Gasteiger partial charge in [-0.05, 0) is 20.3 Å². The predicted octanol–water partition coefficient (Wildman–Crippen LogP) is 0.781. The summed E-state index contributed by atoms with van der Waals surface area (Å²) in [6, 6.07) is 0. The normalized spacial score (nSPS) is 16.5. The molecule has 2 N–H and O–H groups in total. The first-order chi connectivity index (χ1) is 6.87. The van der Waals surface area contributed by atoms with E-state index in [0.29, 0.717) is 12.8 Å². The van der Waals surface area contributed by atoms with Crippen LogP contribution in [0.5, 0.6) is 0 Å². The molecule has 1 amide bonds. The lowest BCUT2D eigenvalue weighted by molar-refractivity contribution is -0.149. The van der Waals surface area contributed by atoms with Crippen LogP contribution in [0.1, 0.15) is 33.6 Å². The number of carbonyl (C=O) groups excluding carboxylic acids is 1. The van der Waals surface area contributed by atoms with Gasteiger partial charge in [0.25, 0.3) is 0 Å². The van der Waals surface area contributed by atoms with Crippen molar-refractivity contribution in [1.82, 2.24) is 5.32 Å². The number of amides is 1. The molecule has 0 aliphatic carbocycles. The van der Waals surface area contributed by atoms with Crippen LogP contribution in [0.2, 0.25) is 0 Å². The minimum atomic E-state index is -1.21. The summed E-state index contributed by atoms with van der Waals surface area (Å²) in [5.74, 6) is -1.43. The fourth-order valence-electron chi connectivity index (χ4n) is 1.20. The molecule has 0 heterocycles. The minimum Gasteiger partial charge on any atom is -0.480 e. The third kappa shape index (κ3) is 3.87. The minimum absolute atomic E-state index is 0.393. The molecule has 5 heteroatoms. The van der Waals surface area contributed by atoms with E-state index in [4.69, 9.17) is 9.84 Å². The van der Waals surface area contributed by atoms with Gasteiger partial charge in [-0.2, -0.15) is 0 Å². The van der Waals surface area contributed by atoms with Gasteiger partial charge in [-0.3, -0.25) is 4.79 Å². The lowest BCUT2D eigenvalue weighted by Gasteiger charge is -2.27. The Labute approximate surface area is 89.8 Å². The summed E-state index contributed by atoms with van der Waals surface area (Å²) in [5.41, 5.74) is -1.21. The fourth-order valence-corrected chi connectivity index (χ4v) is 1.20. The predicted molar refractivity (Wildman–Crippen MR) is 55.6 cm³/mol. The molecule has 0 aliphatic heterocycles. The average Bonchev–Trinajstić information content (AvgIpc) is 2.16. The van der Waals surface area contributed by atoms with E-state index in [2.05, 4.69) is 5.32 Å². The van der Waals surface area contributed by atoms with Crippen LogP contribution in [0.15, 0.2) is 0 Å². The zero-order valence-electron chi connectivity index (χ0n) is 9.66. The SMILES string of the molecule is CCCC(C)(NC(=O)C(C)OC)C(=O)O. The molecule has 0 aromatic carbocycles. The van der Waals surface area contributed by atoms with Gasteiger partial charge in [0, 0.05) is 7.11 Å². The molecule has 0 bridgehead atoms. The van der Waals surface area contributed by atoms with Crippen LogP contribution in [0, 0.1) is 0 Å². The van der Waals surface area contributed by atoms with E-state index in [0.717, 1.165) is 0 Å². The number of hydrogen-bond acceptors (Lipinski definition) is 3. The van der Waals surface area contributed by atoms with Crippen molar-refractivity contribution in [3.05, 3.63) is 0 Å². The fraction of sp³-hybridized carbons (Fsp3) is 0.800. The van der Waals surface area contributed by atoms with Gasteiger partial charge in [-0.1, -0.05) is 13.3 Å². The zero-order chi connectivity index (χ0) is 12.1. The molecule has 0 saturated carbocycles. The van der Waals surface area contributed by atoms with Gasteiger partial charge in [-0.15, -0.1) is 0 Å². The maximum Gasteiger partial charge on any atom is 0.329 e. The Kier molecular flexibility index (Phi) is 5.28. The molecule has 2 unspecified atom stereocenters. The average molecular weight is 217 g/mol. The van der Waals surface area contributed by atoms with Crippen LogP contribution >= 0.6 is 0 Å². The molecule has 0 aliphatic rings. The third-order valence-electron chi connectivity index (χ3n) is 2.34. The van der Waals surface area contributed by atoms with Gasteiger partial charge in [-0.25, -0.2) is 4.79 Å². The highest BCUT2D eigenvalue weighted by atomic mass is 16.5. The summed E-state index contributed by atoms with van der Waals surface area (Å²) in [4.78, 5) is 22.5. The number of aliphatic carboxylic acids is 1. The molecule has 0 spiro atoms. The molecular formula is C10H19NO4. The van der Waals surface area contributed by atoms with Crippen LogP contribution in [0.25, 0.3) is 0 Å². The van der Waals surface area contributed by atoms with E-state index >= 15 is 0 Å². The van der Waals surface area contributed by atoms with Crippen molar-refractivity contribution in [3.8, 4) is 0 Å². The number of rotatable bonds is 6. The Morgan fingerprint density at radius 2 is 2.07 bits per heavy atom. The highest BCUT2D eigenvalue weighted by Crippen LogP contribution is 2.13. The highest BCUT2D eigenvalue weighted by Gasteiger charge is 2.34. The second-order valence-corrected chi connectivity index (χ2v) is 3.75. The van der Waals surface area contributed by atoms with Crippen molar-refractivity contribution in [2.75, 3.05) is 7.11 Å². The van der Waals surface area contributed by atoms with Crippen LogP contribution in [-0.4, -0.2) is 35.7 Å². The molecule has 0 saturated heterocycles. The maximum absolute atomic E-state index is 11.5. The van der Waals surface area contributed by atoms with E-state index in [9.17, 15) is 9.59 Å². The Bertz CT molecular complexity index is 242. The number of hydrogen-bond donors (Lipinski definition) is 2. The highest BCUT2D eigenvalue weighted by molar-refractivity contribution is 5.88. The number of methoxy groups -OCH3 is 1. The van der Waals surface area contributed by atoms with Gasteiger partial charge in [0.15, 0.2) is 0 Å². The van der Waals surface area contributed by atoms with Gasteiger partial charge >= 0.3 is 5.97 Å². The van der Waals surface area contributed by atoms with Crippen molar-refractivity contribution in [1.29, 1.82) is 0 Å².